The maximum absolute atomic E-state index is 12.6. The Balaban J connectivity index is 1.51. The van der Waals surface area contributed by atoms with E-state index in [1.54, 1.807) is 6.07 Å². The molecular weight excluding hydrogens is 378 g/mol. The molecule has 1 aliphatic carbocycles. The molecule has 0 radical (unpaired) electrons. The van der Waals surface area contributed by atoms with Crippen LogP contribution in [0.4, 0.5) is 10.1 Å². The fourth-order valence-corrected chi connectivity index (χ4v) is 4.55. The first-order chi connectivity index (χ1) is 12.0. The van der Waals surface area contributed by atoms with Gasteiger partial charge in [0.1, 0.15) is 0 Å². The second-order valence-corrected chi connectivity index (χ2v) is 8.49. The van der Waals surface area contributed by atoms with Gasteiger partial charge in [-0.05, 0) is 49.6 Å². The molecule has 0 atom stereocenters. The zero-order valence-electron chi connectivity index (χ0n) is 13.3. The third-order valence-electron chi connectivity index (χ3n) is 3.89. The number of carbonyl (C=O) groups excluding carboxylic acids is 2. The largest absolute Gasteiger partial charge is 0.317 e. The van der Waals surface area contributed by atoms with Crippen molar-refractivity contribution >= 4 is 66.4 Å². The molecule has 2 N–H and O–H groups in total. The first-order valence-corrected chi connectivity index (χ1v) is 9.79. The van der Waals surface area contributed by atoms with Crippen LogP contribution in [0.25, 0.3) is 10.2 Å². The second-order valence-electron chi connectivity index (χ2n) is 5.97. The number of thiophene rings is 1. The standard InChI is InChI=1S/C17H14ClN3O2S2/c1-8-6-13(20-15(22)9-2-3-9)25-14(8)16(23)21-17-19-11-5-4-10(18)7-12(11)24-17/h4-7,9H,2-3H2,1H3,(H,20,22)(H,19,21,23). The summed E-state index contributed by atoms with van der Waals surface area (Å²) in [5.74, 6) is -0.0508. The molecule has 25 heavy (non-hydrogen) atoms. The van der Waals surface area contributed by atoms with Crippen molar-refractivity contribution in [3.8, 4) is 0 Å². The van der Waals surface area contributed by atoms with E-state index in [1.807, 2.05) is 25.1 Å². The summed E-state index contributed by atoms with van der Waals surface area (Å²) in [7, 11) is 0. The summed E-state index contributed by atoms with van der Waals surface area (Å²) in [6.07, 6.45) is 1.90. The smallest absolute Gasteiger partial charge is 0.267 e. The molecular formula is C17H14ClN3O2S2. The van der Waals surface area contributed by atoms with Gasteiger partial charge in [-0.2, -0.15) is 0 Å². The number of nitrogens with one attached hydrogen (secondary N) is 2. The molecule has 2 aromatic heterocycles. The van der Waals surface area contributed by atoms with Crippen molar-refractivity contribution in [3.05, 3.63) is 39.7 Å². The number of halogens is 1. The van der Waals surface area contributed by atoms with Crippen molar-refractivity contribution in [2.75, 3.05) is 10.6 Å². The van der Waals surface area contributed by atoms with Crippen molar-refractivity contribution in [2.45, 2.75) is 19.8 Å². The Morgan fingerprint density at radius 1 is 1.20 bits per heavy atom. The summed E-state index contributed by atoms with van der Waals surface area (Å²) >= 11 is 8.64. The molecule has 3 aromatic rings. The van der Waals surface area contributed by atoms with Gasteiger partial charge in [-0.25, -0.2) is 4.98 Å². The Bertz CT molecular complexity index is 991. The van der Waals surface area contributed by atoms with Gasteiger partial charge in [0.25, 0.3) is 5.91 Å². The SMILES string of the molecule is Cc1cc(NC(=O)C2CC2)sc1C(=O)Nc1nc2ccc(Cl)cc2s1. The van der Waals surface area contributed by atoms with Crippen LogP contribution in [0.3, 0.4) is 0 Å². The quantitative estimate of drug-likeness (QED) is 0.663. The number of aromatic nitrogens is 1. The summed E-state index contributed by atoms with van der Waals surface area (Å²) in [4.78, 5) is 29.4. The van der Waals surface area contributed by atoms with E-state index in [4.69, 9.17) is 11.6 Å². The third kappa shape index (κ3) is 3.53. The van der Waals surface area contributed by atoms with Crippen molar-refractivity contribution in [1.29, 1.82) is 0 Å². The molecule has 1 aliphatic rings. The van der Waals surface area contributed by atoms with Gasteiger partial charge < -0.3 is 5.32 Å². The fraction of sp³-hybridized carbons (Fsp3) is 0.235. The van der Waals surface area contributed by atoms with Gasteiger partial charge in [0, 0.05) is 10.9 Å². The highest BCUT2D eigenvalue weighted by Crippen LogP contribution is 2.34. The average molecular weight is 392 g/mol. The number of nitrogens with zero attached hydrogens (tertiary/aromatic N) is 1. The highest BCUT2D eigenvalue weighted by molar-refractivity contribution is 7.22. The summed E-state index contributed by atoms with van der Waals surface area (Å²) in [5, 5.41) is 7.59. The van der Waals surface area contributed by atoms with Gasteiger partial charge in [-0.1, -0.05) is 22.9 Å². The minimum atomic E-state index is -0.223. The number of fused-ring (bicyclic) bond motifs is 1. The van der Waals surface area contributed by atoms with Crippen molar-refractivity contribution in [1.82, 2.24) is 4.98 Å². The third-order valence-corrected chi connectivity index (χ3v) is 6.21. The van der Waals surface area contributed by atoms with Crippen LogP contribution in [0.1, 0.15) is 28.1 Å². The number of carbonyl (C=O) groups is 2. The number of aryl methyl sites for hydroxylation is 1. The topological polar surface area (TPSA) is 71.1 Å². The predicted octanol–water partition coefficient (Wildman–Crippen LogP) is 4.92. The molecule has 2 amide bonds. The van der Waals surface area contributed by atoms with Crippen LogP contribution >= 0.6 is 34.3 Å². The lowest BCUT2D eigenvalue weighted by Crippen LogP contribution is -2.12. The summed E-state index contributed by atoms with van der Waals surface area (Å²) in [5.41, 5.74) is 1.63. The van der Waals surface area contributed by atoms with Crippen molar-refractivity contribution in [2.24, 2.45) is 5.92 Å². The van der Waals surface area contributed by atoms with E-state index in [-0.39, 0.29) is 17.7 Å². The molecule has 2 heterocycles. The van der Waals surface area contributed by atoms with Crippen LogP contribution in [0.2, 0.25) is 5.02 Å². The molecule has 0 spiro atoms. The van der Waals surface area contributed by atoms with Gasteiger partial charge in [0.2, 0.25) is 5.91 Å². The van der Waals surface area contributed by atoms with E-state index in [0.717, 1.165) is 28.6 Å². The number of amides is 2. The molecule has 0 unspecified atom stereocenters. The van der Waals surface area contributed by atoms with Crippen LogP contribution in [-0.4, -0.2) is 16.8 Å². The predicted molar refractivity (Wildman–Crippen MR) is 103 cm³/mol. The summed E-state index contributed by atoms with van der Waals surface area (Å²) in [6.45, 7) is 1.86. The number of anilines is 2. The van der Waals surface area contributed by atoms with E-state index in [9.17, 15) is 9.59 Å². The highest BCUT2D eigenvalue weighted by atomic mass is 35.5. The summed E-state index contributed by atoms with van der Waals surface area (Å²) < 4.78 is 0.920. The molecule has 1 saturated carbocycles. The van der Waals surface area contributed by atoms with Gasteiger partial charge in [0.05, 0.1) is 20.1 Å². The Morgan fingerprint density at radius 2 is 2.00 bits per heavy atom. The molecule has 5 nitrogen and oxygen atoms in total. The van der Waals surface area contributed by atoms with Crippen LogP contribution in [0.5, 0.6) is 0 Å². The maximum atomic E-state index is 12.6. The van der Waals surface area contributed by atoms with E-state index in [0.29, 0.717) is 20.0 Å². The van der Waals surface area contributed by atoms with E-state index < -0.39 is 0 Å². The molecule has 0 saturated heterocycles. The number of hydrogen-bond donors (Lipinski definition) is 2. The number of thiazole rings is 1. The zero-order chi connectivity index (χ0) is 17.6. The van der Waals surface area contributed by atoms with Crippen molar-refractivity contribution < 1.29 is 9.59 Å². The first kappa shape index (κ1) is 16.5. The number of rotatable bonds is 4. The van der Waals surface area contributed by atoms with Crippen LogP contribution < -0.4 is 10.6 Å². The van der Waals surface area contributed by atoms with Gasteiger partial charge in [0.15, 0.2) is 5.13 Å². The van der Waals surface area contributed by atoms with Gasteiger partial charge in [-0.15, -0.1) is 11.3 Å². The highest BCUT2D eigenvalue weighted by Gasteiger charge is 2.30. The zero-order valence-corrected chi connectivity index (χ0v) is 15.6. The summed E-state index contributed by atoms with van der Waals surface area (Å²) in [6, 6.07) is 7.25. The number of hydrogen-bond acceptors (Lipinski definition) is 5. The Morgan fingerprint density at radius 3 is 2.76 bits per heavy atom. The van der Waals surface area contributed by atoms with Crippen molar-refractivity contribution in [3.63, 3.8) is 0 Å². The van der Waals surface area contributed by atoms with Gasteiger partial charge >= 0.3 is 0 Å². The number of benzene rings is 1. The Hall–Kier alpha value is -1.96. The molecule has 0 aliphatic heterocycles. The van der Waals surface area contributed by atoms with Gasteiger partial charge in [-0.3, -0.25) is 14.9 Å². The Kier molecular flexibility index (Phi) is 4.23. The van der Waals surface area contributed by atoms with Crippen LogP contribution in [-0.2, 0) is 4.79 Å². The van der Waals surface area contributed by atoms with Crippen LogP contribution in [0, 0.1) is 12.8 Å². The molecule has 4 rings (SSSR count). The lowest BCUT2D eigenvalue weighted by Gasteiger charge is -2.00. The Labute approximate surface area is 157 Å². The minimum Gasteiger partial charge on any atom is -0.317 e. The average Bonchev–Trinajstić information content (AvgIpc) is 3.24. The van der Waals surface area contributed by atoms with E-state index in [1.165, 1.54) is 22.7 Å². The lowest BCUT2D eigenvalue weighted by atomic mass is 10.3. The fourth-order valence-electron chi connectivity index (χ4n) is 2.44. The molecule has 1 aromatic carbocycles. The minimum absolute atomic E-state index is 0.0382. The molecule has 128 valence electrons. The van der Waals surface area contributed by atoms with E-state index in [2.05, 4.69) is 15.6 Å². The van der Waals surface area contributed by atoms with Crippen LogP contribution in [0.15, 0.2) is 24.3 Å². The molecule has 8 heteroatoms. The second kappa shape index (κ2) is 6.40. The first-order valence-electron chi connectivity index (χ1n) is 7.78. The maximum Gasteiger partial charge on any atom is 0.267 e. The monoisotopic (exact) mass is 391 g/mol. The molecule has 1 fully saturated rings. The molecule has 0 bridgehead atoms. The normalized spacial score (nSPS) is 13.8. The van der Waals surface area contributed by atoms with E-state index >= 15 is 0 Å². The lowest BCUT2D eigenvalue weighted by molar-refractivity contribution is -0.117.